The molecule has 1 aromatic rings. The van der Waals surface area contributed by atoms with E-state index in [-0.39, 0.29) is 5.92 Å². The molecule has 0 radical (unpaired) electrons. The highest BCUT2D eigenvalue weighted by Crippen LogP contribution is 2.19. The van der Waals surface area contributed by atoms with Gasteiger partial charge in [-0.05, 0) is 39.5 Å². The Balaban J connectivity index is 0.000000791. The van der Waals surface area contributed by atoms with E-state index in [1.807, 2.05) is 32.9 Å². The average Bonchev–Trinajstić information content (AvgIpc) is 2.21. The highest BCUT2D eigenvalue weighted by molar-refractivity contribution is 9.10. The summed E-state index contributed by atoms with van der Waals surface area (Å²) in [5.74, 6) is 0.286. The van der Waals surface area contributed by atoms with Crippen molar-refractivity contribution in [1.29, 1.82) is 5.26 Å². The summed E-state index contributed by atoms with van der Waals surface area (Å²) in [6, 6.07) is 6.03. The Kier molecular flexibility index (Phi) is 7.04. The summed E-state index contributed by atoms with van der Waals surface area (Å²) in [6.45, 7) is 6.03. The molecular formula is C11H15BrN2. The molecular weight excluding hydrogens is 240 g/mol. The molecule has 0 bridgehead atoms. The van der Waals surface area contributed by atoms with Crippen molar-refractivity contribution in [2.24, 2.45) is 0 Å². The number of nitriles is 1. The van der Waals surface area contributed by atoms with Crippen LogP contribution in [-0.4, -0.2) is 4.98 Å². The molecule has 1 unspecified atom stereocenters. The molecule has 0 aliphatic rings. The third-order valence-electron chi connectivity index (χ3n) is 1.72. The normalized spacial score (nSPS) is 10.8. The van der Waals surface area contributed by atoms with Gasteiger partial charge in [-0.1, -0.05) is 20.8 Å². The van der Waals surface area contributed by atoms with Crippen LogP contribution in [0.2, 0.25) is 0 Å². The van der Waals surface area contributed by atoms with Gasteiger partial charge in [-0.2, -0.15) is 5.26 Å². The maximum atomic E-state index is 8.49. The van der Waals surface area contributed by atoms with E-state index in [0.29, 0.717) is 6.42 Å². The first kappa shape index (κ1) is 13.1. The van der Waals surface area contributed by atoms with E-state index in [1.165, 1.54) is 0 Å². The SMILES string of the molecule is CC.CC(CC#N)c1ccnc(Br)c1. The smallest absolute Gasteiger partial charge is 0.106 e. The van der Waals surface area contributed by atoms with Crippen molar-refractivity contribution >= 4 is 15.9 Å². The van der Waals surface area contributed by atoms with Crippen LogP contribution in [0.25, 0.3) is 0 Å². The Hall–Kier alpha value is -0.880. The first-order valence-corrected chi connectivity index (χ1v) is 5.51. The largest absolute Gasteiger partial charge is 0.249 e. The number of nitrogens with zero attached hydrogens (tertiary/aromatic N) is 2. The van der Waals surface area contributed by atoms with Gasteiger partial charge in [-0.25, -0.2) is 4.98 Å². The summed E-state index contributed by atoms with van der Waals surface area (Å²) < 4.78 is 0.824. The number of hydrogen-bond acceptors (Lipinski definition) is 2. The maximum Gasteiger partial charge on any atom is 0.106 e. The minimum Gasteiger partial charge on any atom is -0.249 e. The van der Waals surface area contributed by atoms with E-state index in [0.717, 1.165) is 10.2 Å². The average molecular weight is 255 g/mol. The van der Waals surface area contributed by atoms with E-state index in [1.54, 1.807) is 6.20 Å². The van der Waals surface area contributed by atoms with Gasteiger partial charge in [0.2, 0.25) is 0 Å². The molecule has 76 valence electrons. The molecule has 0 amide bonds. The lowest BCUT2D eigenvalue weighted by atomic mass is 10.0. The molecule has 2 nitrogen and oxygen atoms in total. The van der Waals surface area contributed by atoms with Gasteiger partial charge in [-0.15, -0.1) is 0 Å². The lowest BCUT2D eigenvalue weighted by molar-refractivity contribution is 0.785. The third kappa shape index (κ3) is 4.38. The second-order valence-corrected chi connectivity index (χ2v) is 3.49. The van der Waals surface area contributed by atoms with Crippen LogP contribution in [0.3, 0.4) is 0 Å². The fraction of sp³-hybridized carbons (Fsp3) is 0.455. The van der Waals surface area contributed by atoms with Gasteiger partial charge in [-0.3, -0.25) is 0 Å². The zero-order chi connectivity index (χ0) is 11.0. The van der Waals surface area contributed by atoms with E-state index >= 15 is 0 Å². The highest BCUT2D eigenvalue weighted by atomic mass is 79.9. The molecule has 1 rings (SSSR count). The topological polar surface area (TPSA) is 36.7 Å². The Morgan fingerprint density at radius 3 is 2.71 bits per heavy atom. The van der Waals surface area contributed by atoms with E-state index in [2.05, 4.69) is 27.0 Å². The van der Waals surface area contributed by atoms with Crippen LogP contribution in [0.5, 0.6) is 0 Å². The summed E-state index contributed by atoms with van der Waals surface area (Å²) >= 11 is 3.29. The molecule has 1 aromatic heterocycles. The fourth-order valence-electron chi connectivity index (χ4n) is 0.979. The first-order valence-electron chi connectivity index (χ1n) is 4.72. The molecule has 14 heavy (non-hydrogen) atoms. The summed E-state index contributed by atoms with van der Waals surface area (Å²) in [6.07, 6.45) is 2.30. The van der Waals surface area contributed by atoms with Crippen molar-refractivity contribution < 1.29 is 0 Å². The Labute approximate surface area is 94.1 Å². The predicted octanol–water partition coefficient (Wildman–Crippen LogP) is 3.89. The van der Waals surface area contributed by atoms with Gasteiger partial charge in [0.15, 0.2) is 0 Å². The van der Waals surface area contributed by atoms with Crippen LogP contribution in [0, 0.1) is 11.3 Å². The van der Waals surface area contributed by atoms with Crippen LogP contribution in [0.4, 0.5) is 0 Å². The summed E-state index contributed by atoms with van der Waals surface area (Å²) in [5.41, 5.74) is 1.15. The molecule has 0 N–H and O–H groups in total. The minimum absolute atomic E-state index is 0.286. The number of pyridine rings is 1. The van der Waals surface area contributed by atoms with E-state index in [4.69, 9.17) is 5.26 Å². The molecule has 0 aromatic carbocycles. The standard InChI is InChI=1S/C9H9BrN2.C2H6/c1-7(2-4-11)8-3-5-12-9(10)6-8;1-2/h3,5-7H,2H2,1H3;1-2H3. The molecule has 0 saturated carbocycles. The molecule has 3 heteroatoms. The van der Waals surface area contributed by atoms with Crippen LogP contribution in [0.1, 0.15) is 38.7 Å². The van der Waals surface area contributed by atoms with Crippen LogP contribution in [-0.2, 0) is 0 Å². The van der Waals surface area contributed by atoms with Crippen molar-refractivity contribution in [2.75, 3.05) is 0 Å². The third-order valence-corrected chi connectivity index (χ3v) is 2.15. The van der Waals surface area contributed by atoms with Crippen molar-refractivity contribution in [3.8, 4) is 6.07 Å². The molecule has 1 atom stereocenters. The zero-order valence-electron chi connectivity index (χ0n) is 8.79. The van der Waals surface area contributed by atoms with Gasteiger partial charge < -0.3 is 0 Å². The van der Waals surface area contributed by atoms with Crippen LogP contribution < -0.4 is 0 Å². The fourth-order valence-corrected chi connectivity index (χ4v) is 1.36. The number of rotatable bonds is 2. The van der Waals surface area contributed by atoms with Crippen molar-refractivity contribution in [1.82, 2.24) is 4.98 Å². The molecule has 0 saturated heterocycles. The Morgan fingerprint density at radius 2 is 2.21 bits per heavy atom. The summed E-state index contributed by atoms with van der Waals surface area (Å²) in [4.78, 5) is 4.02. The van der Waals surface area contributed by atoms with Gasteiger partial charge in [0, 0.05) is 12.6 Å². The molecule has 0 aliphatic heterocycles. The second kappa shape index (κ2) is 7.52. The van der Waals surface area contributed by atoms with Gasteiger partial charge in [0.1, 0.15) is 4.60 Å². The lowest BCUT2D eigenvalue weighted by Crippen LogP contribution is -1.92. The Morgan fingerprint density at radius 1 is 1.57 bits per heavy atom. The van der Waals surface area contributed by atoms with Crippen LogP contribution in [0.15, 0.2) is 22.9 Å². The maximum absolute atomic E-state index is 8.49. The van der Waals surface area contributed by atoms with Gasteiger partial charge >= 0.3 is 0 Å². The van der Waals surface area contributed by atoms with Crippen molar-refractivity contribution in [2.45, 2.75) is 33.1 Å². The molecule has 0 aliphatic carbocycles. The minimum atomic E-state index is 0.286. The van der Waals surface area contributed by atoms with Gasteiger partial charge in [0.05, 0.1) is 6.07 Å². The highest BCUT2D eigenvalue weighted by Gasteiger charge is 2.04. The number of halogens is 1. The number of aromatic nitrogens is 1. The first-order chi connectivity index (χ1) is 6.74. The monoisotopic (exact) mass is 254 g/mol. The zero-order valence-corrected chi connectivity index (χ0v) is 10.4. The molecule has 0 fully saturated rings. The van der Waals surface area contributed by atoms with Crippen LogP contribution >= 0.6 is 15.9 Å². The summed E-state index contributed by atoms with van der Waals surface area (Å²) in [7, 11) is 0. The Bertz CT molecular complexity index is 304. The quantitative estimate of drug-likeness (QED) is 0.752. The summed E-state index contributed by atoms with van der Waals surface area (Å²) in [5, 5.41) is 8.49. The molecule has 1 heterocycles. The van der Waals surface area contributed by atoms with Crippen molar-refractivity contribution in [3.05, 3.63) is 28.5 Å². The van der Waals surface area contributed by atoms with Gasteiger partial charge in [0.25, 0.3) is 0 Å². The predicted molar refractivity (Wildman–Crippen MR) is 61.9 cm³/mol. The number of hydrogen-bond donors (Lipinski definition) is 0. The van der Waals surface area contributed by atoms with Crippen molar-refractivity contribution in [3.63, 3.8) is 0 Å². The van der Waals surface area contributed by atoms with E-state index < -0.39 is 0 Å². The molecule has 0 spiro atoms. The lowest BCUT2D eigenvalue weighted by Gasteiger charge is -2.06. The second-order valence-electron chi connectivity index (χ2n) is 2.68. The van der Waals surface area contributed by atoms with E-state index in [9.17, 15) is 0 Å².